The molecule has 1 amide bonds. The third-order valence-corrected chi connectivity index (χ3v) is 2.68. The number of amides is 1. The van der Waals surface area contributed by atoms with Gasteiger partial charge in [-0.3, -0.25) is 4.79 Å². The molecule has 0 saturated heterocycles. The molecule has 0 radical (unpaired) electrons. The molecule has 1 heterocycles. The normalized spacial score (nSPS) is 12.5. The molecule has 1 aromatic carbocycles. The summed E-state index contributed by atoms with van der Waals surface area (Å²) in [7, 11) is 0. The van der Waals surface area contributed by atoms with Gasteiger partial charge < -0.3 is 14.8 Å². The standard InChI is InChI=1S/C15H14FNO3/c16-13-6-2-1-5-12(13)14(18)10-17-15(19)8-7-11-4-3-9-20-11/h1-9,14,18H,10H2,(H,17,19)/b8-7+. The van der Waals surface area contributed by atoms with E-state index >= 15 is 0 Å². The van der Waals surface area contributed by atoms with Crippen molar-refractivity contribution in [2.45, 2.75) is 6.10 Å². The Kier molecular flexibility index (Phi) is 4.68. The van der Waals surface area contributed by atoms with Crippen LogP contribution in [0.5, 0.6) is 0 Å². The quantitative estimate of drug-likeness (QED) is 0.823. The summed E-state index contributed by atoms with van der Waals surface area (Å²) in [5.74, 6) is -0.341. The molecular formula is C15H14FNO3. The maximum Gasteiger partial charge on any atom is 0.244 e. The van der Waals surface area contributed by atoms with Crippen molar-refractivity contribution < 1.29 is 18.7 Å². The molecule has 0 spiro atoms. The Morgan fingerprint density at radius 1 is 1.35 bits per heavy atom. The topological polar surface area (TPSA) is 62.5 Å². The molecule has 2 aromatic rings. The minimum Gasteiger partial charge on any atom is -0.465 e. The van der Waals surface area contributed by atoms with E-state index < -0.39 is 17.8 Å². The molecule has 0 aliphatic carbocycles. The van der Waals surface area contributed by atoms with Gasteiger partial charge in [-0.05, 0) is 24.3 Å². The summed E-state index contributed by atoms with van der Waals surface area (Å²) in [4.78, 5) is 11.5. The highest BCUT2D eigenvalue weighted by Gasteiger charge is 2.12. The molecule has 1 unspecified atom stereocenters. The van der Waals surface area contributed by atoms with Gasteiger partial charge in [0.15, 0.2) is 0 Å². The summed E-state index contributed by atoms with van der Waals surface area (Å²) in [6, 6.07) is 9.32. The van der Waals surface area contributed by atoms with Crippen LogP contribution in [0.1, 0.15) is 17.4 Å². The number of aliphatic hydroxyl groups is 1. The highest BCUT2D eigenvalue weighted by atomic mass is 19.1. The number of aliphatic hydroxyl groups excluding tert-OH is 1. The van der Waals surface area contributed by atoms with Crippen molar-refractivity contribution in [1.29, 1.82) is 0 Å². The van der Waals surface area contributed by atoms with Crippen molar-refractivity contribution in [2.24, 2.45) is 0 Å². The molecule has 1 atom stereocenters. The second-order valence-electron chi connectivity index (χ2n) is 4.13. The summed E-state index contributed by atoms with van der Waals surface area (Å²) in [5.41, 5.74) is 0.155. The van der Waals surface area contributed by atoms with Gasteiger partial charge in [-0.2, -0.15) is 0 Å². The van der Waals surface area contributed by atoms with E-state index in [2.05, 4.69) is 5.32 Å². The van der Waals surface area contributed by atoms with E-state index in [1.165, 1.54) is 36.6 Å². The van der Waals surface area contributed by atoms with Gasteiger partial charge in [-0.25, -0.2) is 4.39 Å². The van der Waals surface area contributed by atoms with Gasteiger partial charge in [0.2, 0.25) is 5.91 Å². The molecule has 2 rings (SSSR count). The number of rotatable bonds is 5. The number of benzene rings is 1. The second-order valence-corrected chi connectivity index (χ2v) is 4.13. The van der Waals surface area contributed by atoms with Crippen molar-refractivity contribution in [1.82, 2.24) is 5.32 Å². The Morgan fingerprint density at radius 3 is 2.85 bits per heavy atom. The summed E-state index contributed by atoms with van der Waals surface area (Å²) in [6.45, 7) is -0.0672. The van der Waals surface area contributed by atoms with E-state index in [0.717, 1.165) is 0 Å². The first kappa shape index (κ1) is 14.0. The van der Waals surface area contributed by atoms with Crippen molar-refractivity contribution in [2.75, 3.05) is 6.54 Å². The Hall–Kier alpha value is -2.40. The first-order valence-electron chi connectivity index (χ1n) is 6.08. The van der Waals surface area contributed by atoms with Crippen LogP contribution in [-0.4, -0.2) is 17.6 Å². The maximum absolute atomic E-state index is 13.4. The predicted molar refractivity (Wildman–Crippen MR) is 72.1 cm³/mol. The van der Waals surface area contributed by atoms with E-state index in [9.17, 15) is 14.3 Å². The van der Waals surface area contributed by atoms with Gasteiger partial charge in [0.05, 0.1) is 12.4 Å². The van der Waals surface area contributed by atoms with Crippen molar-refractivity contribution in [3.05, 3.63) is 65.9 Å². The largest absolute Gasteiger partial charge is 0.465 e. The molecular weight excluding hydrogens is 261 g/mol. The van der Waals surface area contributed by atoms with E-state index in [-0.39, 0.29) is 12.1 Å². The van der Waals surface area contributed by atoms with Gasteiger partial charge >= 0.3 is 0 Å². The van der Waals surface area contributed by atoms with Gasteiger partial charge in [0.25, 0.3) is 0 Å². The lowest BCUT2D eigenvalue weighted by Gasteiger charge is -2.11. The zero-order chi connectivity index (χ0) is 14.4. The number of carbonyl (C=O) groups is 1. The van der Waals surface area contributed by atoms with Crippen LogP contribution in [0.4, 0.5) is 4.39 Å². The molecule has 0 bridgehead atoms. The maximum atomic E-state index is 13.4. The van der Waals surface area contributed by atoms with Gasteiger partial charge in [0.1, 0.15) is 11.6 Å². The van der Waals surface area contributed by atoms with Crippen LogP contribution in [0, 0.1) is 5.82 Å². The molecule has 1 aromatic heterocycles. The molecule has 0 aliphatic rings. The Morgan fingerprint density at radius 2 is 2.15 bits per heavy atom. The molecule has 0 aliphatic heterocycles. The Bertz CT molecular complexity index is 593. The Labute approximate surface area is 115 Å². The average Bonchev–Trinajstić information content (AvgIpc) is 2.96. The molecule has 20 heavy (non-hydrogen) atoms. The summed E-state index contributed by atoms with van der Waals surface area (Å²) in [6.07, 6.45) is 3.20. The zero-order valence-corrected chi connectivity index (χ0v) is 10.6. The molecule has 104 valence electrons. The molecule has 2 N–H and O–H groups in total. The molecule has 0 fully saturated rings. The van der Waals surface area contributed by atoms with Crippen molar-refractivity contribution >= 4 is 12.0 Å². The minimum atomic E-state index is -1.09. The van der Waals surface area contributed by atoms with Crippen LogP contribution < -0.4 is 5.32 Å². The monoisotopic (exact) mass is 275 g/mol. The third-order valence-electron chi connectivity index (χ3n) is 2.68. The van der Waals surface area contributed by atoms with Gasteiger partial charge in [-0.1, -0.05) is 18.2 Å². The number of nitrogens with one attached hydrogen (secondary N) is 1. The average molecular weight is 275 g/mol. The van der Waals surface area contributed by atoms with Crippen LogP contribution in [0.15, 0.2) is 53.2 Å². The predicted octanol–water partition coefficient (Wildman–Crippen LogP) is 2.28. The first-order chi connectivity index (χ1) is 9.66. The number of furan rings is 1. The van der Waals surface area contributed by atoms with Crippen molar-refractivity contribution in [3.63, 3.8) is 0 Å². The molecule has 5 heteroatoms. The fourth-order valence-corrected chi connectivity index (χ4v) is 1.66. The van der Waals surface area contributed by atoms with Crippen LogP contribution in [0.25, 0.3) is 6.08 Å². The summed E-state index contributed by atoms with van der Waals surface area (Å²) < 4.78 is 18.4. The molecule has 0 saturated carbocycles. The Balaban J connectivity index is 1.86. The third kappa shape index (κ3) is 3.80. The second kappa shape index (κ2) is 6.68. The highest BCUT2D eigenvalue weighted by molar-refractivity contribution is 5.91. The van der Waals surface area contributed by atoms with Crippen LogP contribution in [0.3, 0.4) is 0 Å². The fourth-order valence-electron chi connectivity index (χ4n) is 1.66. The lowest BCUT2D eigenvalue weighted by Crippen LogP contribution is -2.27. The smallest absolute Gasteiger partial charge is 0.244 e. The number of hydrogen-bond acceptors (Lipinski definition) is 3. The van der Waals surface area contributed by atoms with Crippen LogP contribution >= 0.6 is 0 Å². The zero-order valence-electron chi connectivity index (χ0n) is 10.6. The fraction of sp³-hybridized carbons (Fsp3) is 0.133. The molecule has 4 nitrogen and oxygen atoms in total. The number of halogens is 1. The number of carbonyl (C=O) groups excluding carboxylic acids is 1. The van der Waals surface area contributed by atoms with E-state index in [1.54, 1.807) is 18.2 Å². The lowest BCUT2D eigenvalue weighted by molar-refractivity contribution is -0.116. The van der Waals surface area contributed by atoms with Crippen LogP contribution in [0.2, 0.25) is 0 Å². The summed E-state index contributed by atoms with van der Waals surface area (Å²) >= 11 is 0. The van der Waals surface area contributed by atoms with Gasteiger partial charge in [-0.15, -0.1) is 0 Å². The van der Waals surface area contributed by atoms with E-state index in [4.69, 9.17) is 4.42 Å². The lowest BCUT2D eigenvalue weighted by atomic mass is 10.1. The highest BCUT2D eigenvalue weighted by Crippen LogP contribution is 2.15. The van der Waals surface area contributed by atoms with E-state index in [0.29, 0.717) is 5.76 Å². The summed E-state index contributed by atoms with van der Waals surface area (Å²) in [5, 5.41) is 12.3. The minimum absolute atomic E-state index is 0.0672. The van der Waals surface area contributed by atoms with Crippen molar-refractivity contribution in [3.8, 4) is 0 Å². The number of hydrogen-bond donors (Lipinski definition) is 2. The first-order valence-corrected chi connectivity index (χ1v) is 6.08. The van der Waals surface area contributed by atoms with E-state index in [1.807, 2.05) is 0 Å². The SMILES string of the molecule is O=C(/C=C/c1ccco1)NCC(O)c1ccccc1F. The van der Waals surface area contributed by atoms with Crippen LogP contribution in [-0.2, 0) is 4.79 Å². The van der Waals surface area contributed by atoms with Gasteiger partial charge in [0, 0.05) is 18.2 Å².